The molecule has 15 atom stereocenters. The summed E-state index contributed by atoms with van der Waals surface area (Å²) in [4.78, 5) is 25.8. The highest BCUT2D eigenvalue weighted by atomic mass is 16.8. The monoisotopic (exact) mass is 918 g/mol. The van der Waals surface area contributed by atoms with Crippen LogP contribution in [-0.2, 0) is 28.5 Å². The van der Waals surface area contributed by atoms with Gasteiger partial charge in [0.25, 0.3) is 0 Å². The number of ether oxygens (including phenoxy) is 7. The molecule has 4 aliphatic heterocycles. The number of fused-ring (bicyclic) bond motifs is 1. The van der Waals surface area contributed by atoms with E-state index in [2.05, 4.69) is 0 Å². The Kier molecular flexibility index (Phi) is 14.6. The highest BCUT2D eigenvalue weighted by Gasteiger charge is 2.52. The molecule has 23 heteroatoms. The molecular formula is C42H46O23. The van der Waals surface area contributed by atoms with Gasteiger partial charge >= 0.3 is 5.97 Å². The van der Waals surface area contributed by atoms with Gasteiger partial charge < -0.3 is 104 Å². The third-order valence-corrected chi connectivity index (χ3v) is 10.8. The number of carbonyl (C=O) groups excluding carboxylic acids is 1. The molecule has 3 saturated heterocycles. The fourth-order valence-corrected chi connectivity index (χ4v) is 7.21. The number of phenolic OH excluding ortho intramolecular Hbond substituents is 3. The predicted molar refractivity (Wildman–Crippen MR) is 213 cm³/mol. The molecule has 0 spiro atoms. The minimum Gasteiger partial charge on any atom is -0.508 e. The van der Waals surface area contributed by atoms with Crippen molar-refractivity contribution in [3.8, 4) is 51.4 Å². The summed E-state index contributed by atoms with van der Waals surface area (Å²) in [6.45, 7) is -2.42. The molecule has 0 unspecified atom stereocenters. The molecule has 0 aromatic heterocycles. The zero-order chi connectivity index (χ0) is 46.9. The molecule has 23 nitrogen and oxygen atoms in total. The summed E-state index contributed by atoms with van der Waals surface area (Å²) in [5.41, 5.74) is -0.294. The SMILES string of the molecule is O=C(C=Cc1ccc(O)c(O)c1)OC[C@H]1O[C@@H](Oc2cc3c(O[C@@H]4O[C@H](CO)[C@@H](O)[C@H](O)[C@H]4O)cc(=O)cc-3oc2-c2ccc(O)cc2)[C@H](O[C@@H]2O[C@H](CO)[C@@H](O)[C@H](O)[C@H]2O)[C@@H](O)[C@@H]1O. The summed E-state index contributed by atoms with van der Waals surface area (Å²) in [7, 11) is 0. The zero-order valence-electron chi connectivity index (χ0n) is 33.6. The number of aliphatic hydroxyl groups is 10. The molecular weight excluding hydrogens is 872 g/mol. The number of hydrogen-bond acceptors (Lipinski definition) is 23. The van der Waals surface area contributed by atoms with E-state index < -0.39 is 135 Å². The van der Waals surface area contributed by atoms with Crippen LogP contribution >= 0.6 is 0 Å². The molecule has 3 fully saturated rings. The Bertz CT molecular complexity index is 2310. The van der Waals surface area contributed by atoms with Gasteiger partial charge in [-0.3, -0.25) is 4.79 Å². The van der Waals surface area contributed by atoms with E-state index in [1.807, 2.05) is 0 Å². The first-order valence-electron chi connectivity index (χ1n) is 19.9. The second kappa shape index (κ2) is 19.9. The molecule has 5 aliphatic rings. The Hall–Kier alpha value is -5.48. The zero-order valence-corrected chi connectivity index (χ0v) is 33.6. The van der Waals surface area contributed by atoms with Crippen molar-refractivity contribution in [1.29, 1.82) is 0 Å². The smallest absolute Gasteiger partial charge is 0.330 e. The van der Waals surface area contributed by atoms with E-state index in [1.165, 1.54) is 48.5 Å². The maximum atomic E-state index is 13.0. The Balaban J connectivity index is 1.26. The van der Waals surface area contributed by atoms with Gasteiger partial charge in [0, 0.05) is 23.8 Å². The number of benzene rings is 3. The first-order chi connectivity index (χ1) is 31.0. The number of aliphatic hydroxyl groups excluding tert-OH is 10. The van der Waals surface area contributed by atoms with E-state index in [1.54, 1.807) is 0 Å². The van der Waals surface area contributed by atoms with Crippen molar-refractivity contribution >= 4 is 12.0 Å². The number of rotatable bonds is 13. The maximum absolute atomic E-state index is 13.0. The first kappa shape index (κ1) is 47.5. The van der Waals surface area contributed by atoms with E-state index in [-0.39, 0.29) is 39.9 Å². The lowest BCUT2D eigenvalue weighted by molar-refractivity contribution is -0.357. The molecule has 0 radical (unpaired) electrons. The average Bonchev–Trinajstić information content (AvgIpc) is 3.29. The van der Waals surface area contributed by atoms with Gasteiger partial charge in [-0.15, -0.1) is 0 Å². The summed E-state index contributed by atoms with van der Waals surface area (Å²) in [5.74, 6) is -3.06. The highest BCUT2D eigenvalue weighted by Crippen LogP contribution is 2.43. The van der Waals surface area contributed by atoms with E-state index in [9.17, 15) is 76.0 Å². The summed E-state index contributed by atoms with van der Waals surface area (Å²) in [6.07, 6.45) is -25.2. The van der Waals surface area contributed by atoms with Crippen LogP contribution in [0.2, 0.25) is 0 Å². The lowest BCUT2D eigenvalue weighted by Crippen LogP contribution is -2.65. The van der Waals surface area contributed by atoms with Crippen LogP contribution < -0.4 is 14.9 Å². The molecule has 0 bridgehead atoms. The van der Waals surface area contributed by atoms with Crippen LogP contribution in [0.25, 0.3) is 28.7 Å². The molecule has 7 rings (SSSR count). The van der Waals surface area contributed by atoms with Gasteiger partial charge in [-0.2, -0.15) is 0 Å². The van der Waals surface area contributed by atoms with Gasteiger partial charge in [-0.05, 0) is 54.1 Å². The molecule has 1 aliphatic carbocycles. The highest BCUT2D eigenvalue weighted by molar-refractivity contribution is 5.87. The molecule has 4 heterocycles. The van der Waals surface area contributed by atoms with Gasteiger partial charge in [0.2, 0.25) is 12.6 Å². The van der Waals surface area contributed by atoms with Gasteiger partial charge in [0.15, 0.2) is 40.8 Å². The number of phenols is 3. The molecule has 352 valence electrons. The van der Waals surface area contributed by atoms with Crippen LogP contribution in [0.4, 0.5) is 0 Å². The second-order valence-electron chi connectivity index (χ2n) is 15.3. The lowest BCUT2D eigenvalue weighted by atomic mass is 9.97. The normalized spacial score (nSPS) is 32.9. The van der Waals surface area contributed by atoms with Crippen molar-refractivity contribution in [3.05, 3.63) is 82.5 Å². The van der Waals surface area contributed by atoms with Crippen molar-refractivity contribution in [2.45, 2.75) is 92.1 Å². The fraction of sp³-hybridized carbons (Fsp3) is 0.429. The molecule has 2 aromatic carbocycles. The maximum Gasteiger partial charge on any atom is 0.330 e. The molecule has 65 heavy (non-hydrogen) atoms. The number of hydrogen-bond donors (Lipinski definition) is 13. The summed E-state index contributed by atoms with van der Waals surface area (Å²) >= 11 is 0. The number of esters is 1. The second-order valence-corrected chi connectivity index (χ2v) is 15.3. The van der Waals surface area contributed by atoms with Gasteiger partial charge in [0.05, 0.1) is 18.8 Å². The molecule has 2 aromatic rings. The quantitative estimate of drug-likeness (QED) is 0.0360. The van der Waals surface area contributed by atoms with E-state index in [4.69, 9.17) is 37.6 Å². The first-order valence-corrected chi connectivity index (χ1v) is 19.9. The lowest BCUT2D eigenvalue weighted by Gasteiger charge is -2.46. The summed E-state index contributed by atoms with van der Waals surface area (Å²) < 4.78 is 46.5. The van der Waals surface area contributed by atoms with E-state index in [0.717, 1.165) is 24.3 Å². The van der Waals surface area contributed by atoms with Crippen molar-refractivity contribution in [3.63, 3.8) is 0 Å². The third-order valence-electron chi connectivity index (χ3n) is 10.8. The predicted octanol–water partition coefficient (Wildman–Crippen LogP) is -3.03. The van der Waals surface area contributed by atoms with Crippen LogP contribution in [0.15, 0.2) is 76.0 Å². The number of carbonyl (C=O) groups is 1. The van der Waals surface area contributed by atoms with Crippen molar-refractivity contribution in [2.75, 3.05) is 19.8 Å². The standard InChI is InChI=1S/C42H46O23/c43-13-26-30(50)33(53)36(56)40(62-26)60-24-11-19(46)10-23-20(24)12-25(38(59-23)17-3-5-18(45)6-4-17)61-42-39(65-41-37(57)34(54)31(51)27(14-44)63-41)35(55)32(52)28(64-42)15-58-29(49)8-2-16-1-7-21(47)22(48)9-16/h1-12,26-28,30-37,39-45,47-48,50-57H,13-15H2/t26-,27-,28-,30-,31-,32-,33+,34+,35+,36-,37-,39-,40-,41+,42-/m1/s1. The van der Waals surface area contributed by atoms with Crippen LogP contribution in [0.3, 0.4) is 0 Å². The average molecular weight is 919 g/mol. The largest absolute Gasteiger partial charge is 0.508 e. The Morgan fingerprint density at radius 1 is 0.615 bits per heavy atom. The van der Waals surface area contributed by atoms with Crippen molar-refractivity contribution in [2.24, 2.45) is 0 Å². The Labute approximate surface area is 366 Å². The van der Waals surface area contributed by atoms with Gasteiger partial charge in [0.1, 0.15) is 91.0 Å². The minimum atomic E-state index is -2.07. The number of aromatic hydroxyl groups is 3. The topological polar surface area (TPSA) is 375 Å². The van der Waals surface area contributed by atoms with Crippen molar-refractivity contribution in [1.82, 2.24) is 0 Å². The van der Waals surface area contributed by atoms with Gasteiger partial charge in [-0.25, -0.2) is 4.79 Å². The third kappa shape index (κ3) is 10.2. The minimum absolute atomic E-state index is 0.0823. The van der Waals surface area contributed by atoms with Crippen LogP contribution in [0.5, 0.6) is 28.7 Å². The summed E-state index contributed by atoms with van der Waals surface area (Å²) in [6, 6.07) is 12.3. The van der Waals surface area contributed by atoms with Crippen LogP contribution in [0.1, 0.15) is 5.56 Å². The van der Waals surface area contributed by atoms with Gasteiger partial charge in [-0.1, -0.05) is 6.07 Å². The van der Waals surface area contributed by atoms with E-state index in [0.29, 0.717) is 5.56 Å². The van der Waals surface area contributed by atoms with Crippen LogP contribution in [0, 0.1) is 0 Å². The van der Waals surface area contributed by atoms with Crippen molar-refractivity contribution < 1.29 is 109 Å². The molecule has 0 saturated carbocycles. The molecule has 0 amide bonds. The van der Waals surface area contributed by atoms with E-state index >= 15 is 0 Å². The fourth-order valence-electron chi connectivity index (χ4n) is 7.21. The Morgan fingerprint density at radius 2 is 1.22 bits per heavy atom. The Morgan fingerprint density at radius 3 is 1.86 bits per heavy atom. The van der Waals surface area contributed by atoms with Crippen LogP contribution in [-0.4, -0.2) is 184 Å². The molecule has 13 N–H and O–H groups in total. The summed E-state index contributed by atoms with van der Waals surface area (Å²) in [5, 5.41) is 135.